The molecular weight excluding hydrogens is 291 g/mol. The molecule has 15 heavy (non-hydrogen) atoms. The fraction of sp³-hybridized carbons (Fsp3) is 0.333. The first-order valence-electron chi connectivity index (χ1n) is 3.97. The molecule has 3 N–H and O–H groups in total. The Labute approximate surface area is 101 Å². The monoisotopic (exact) mass is 301 g/mol. The van der Waals surface area contributed by atoms with E-state index in [1.807, 2.05) is 0 Å². The molecule has 0 saturated carbocycles. The Hall–Kier alpha value is -0.230. The fourth-order valence-corrected chi connectivity index (χ4v) is 1.46. The van der Waals surface area contributed by atoms with Gasteiger partial charge in [-0.2, -0.15) is 0 Å². The third kappa shape index (κ3) is 3.68. The van der Waals surface area contributed by atoms with Crippen LogP contribution in [0.1, 0.15) is 11.6 Å². The molecule has 1 atom stereocenters. The lowest BCUT2D eigenvalue weighted by Crippen LogP contribution is -2.36. The standard InChI is InChI=1S/C9H10BrF2NO.ClH/c10-7-3-1-2-6(4-7)8(13)9(11,12)5-14;/h1-4,8,14H,5,13H2;1H/t8-;/m0./s1. The highest BCUT2D eigenvalue weighted by atomic mass is 79.9. The van der Waals surface area contributed by atoms with Gasteiger partial charge in [0, 0.05) is 4.47 Å². The van der Waals surface area contributed by atoms with Gasteiger partial charge in [0.05, 0.1) is 6.04 Å². The molecule has 2 nitrogen and oxygen atoms in total. The van der Waals surface area contributed by atoms with Gasteiger partial charge < -0.3 is 10.8 Å². The Bertz CT molecular complexity index is 325. The van der Waals surface area contributed by atoms with Gasteiger partial charge >= 0.3 is 0 Å². The molecule has 0 spiro atoms. The van der Waals surface area contributed by atoms with E-state index < -0.39 is 18.6 Å². The van der Waals surface area contributed by atoms with Crippen molar-refractivity contribution >= 4 is 28.3 Å². The van der Waals surface area contributed by atoms with Gasteiger partial charge in [-0.15, -0.1) is 12.4 Å². The van der Waals surface area contributed by atoms with Gasteiger partial charge in [-0.1, -0.05) is 28.1 Å². The van der Waals surface area contributed by atoms with Crippen LogP contribution in [-0.2, 0) is 0 Å². The SMILES string of the molecule is Cl.N[C@@H](c1cccc(Br)c1)C(F)(F)CO. The van der Waals surface area contributed by atoms with E-state index in [0.29, 0.717) is 10.0 Å². The van der Waals surface area contributed by atoms with Crippen molar-refractivity contribution < 1.29 is 13.9 Å². The number of benzene rings is 1. The number of alkyl halides is 2. The second-order valence-electron chi connectivity index (χ2n) is 2.95. The maximum absolute atomic E-state index is 13.0. The molecule has 0 aliphatic rings. The Morgan fingerprint density at radius 2 is 2.07 bits per heavy atom. The van der Waals surface area contributed by atoms with Gasteiger partial charge in [0.1, 0.15) is 6.61 Å². The van der Waals surface area contributed by atoms with E-state index in [2.05, 4.69) is 15.9 Å². The van der Waals surface area contributed by atoms with E-state index in [-0.39, 0.29) is 12.4 Å². The van der Waals surface area contributed by atoms with Gasteiger partial charge in [-0.3, -0.25) is 0 Å². The zero-order valence-electron chi connectivity index (χ0n) is 7.66. The molecule has 0 fully saturated rings. The van der Waals surface area contributed by atoms with Crippen LogP contribution in [0, 0.1) is 0 Å². The third-order valence-corrected chi connectivity index (χ3v) is 2.37. The van der Waals surface area contributed by atoms with Crippen LogP contribution < -0.4 is 5.73 Å². The van der Waals surface area contributed by atoms with Gasteiger partial charge in [-0.05, 0) is 17.7 Å². The number of rotatable bonds is 3. The van der Waals surface area contributed by atoms with E-state index in [9.17, 15) is 8.78 Å². The first-order chi connectivity index (χ1) is 6.47. The predicted molar refractivity (Wildman–Crippen MR) is 60.4 cm³/mol. The van der Waals surface area contributed by atoms with Crippen LogP contribution in [0.15, 0.2) is 28.7 Å². The lowest BCUT2D eigenvalue weighted by molar-refractivity contribution is -0.0711. The van der Waals surface area contributed by atoms with E-state index >= 15 is 0 Å². The summed E-state index contributed by atoms with van der Waals surface area (Å²) in [4.78, 5) is 0. The van der Waals surface area contributed by atoms with E-state index in [0.717, 1.165) is 0 Å². The topological polar surface area (TPSA) is 46.2 Å². The quantitative estimate of drug-likeness (QED) is 0.901. The minimum Gasteiger partial charge on any atom is -0.390 e. The van der Waals surface area contributed by atoms with Crippen LogP contribution in [0.4, 0.5) is 8.78 Å². The minimum atomic E-state index is -3.29. The van der Waals surface area contributed by atoms with Crippen molar-refractivity contribution in [3.8, 4) is 0 Å². The normalized spacial score (nSPS) is 13.1. The fourth-order valence-electron chi connectivity index (χ4n) is 1.04. The summed E-state index contributed by atoms with van der Waals surface area (Å²) in [6.07, 6.45) is 0. The third-order valence-electron chi connectivity index (χ3n) is 1.87. The zero-order valence-corrected chi connectivity index (χ0v) is 10.1. The summed E-state index contributed by atoms with van der Waals surface area (Å²) in [5.74, 6) is -3.29. The van der Waals surface area contributed by atoms with Crippen molar-refractivity contribution in [2.24, 2.45) is 5.73 Å². The number of hydrogen-bond donors (Lipinski definition) is 2. The molecule has 0 aromatic heterocycles. The number of nitrogens with two attached hydrogens (primary N) is 1. The van der Waals surface area contributed by atoms with Crippen LogP contribution in [0.3, 0.4) is 0 Å². The number of aliphatic hydroxyl groups excluding tert-OH is 1. The molecule has 0 amide bonds. The summed E-state index contributed by atoms with van der Waals surface area (Å²) in [6.45, 7) is -1.25. The first kappa shape index (κ1) is 14.8. The van der Waals surface area contributed by atoms with E-state index in [4.69, 9.17) is 10.8 Å². The summed E-state index contributed by atoms with van der Waals surface area (Å²) in [5.41, 5.74) is 5.61. The summed E-state index contributed by atoms with van der Waals surface area (Å²) in [7, 11) is 0. The number of hydrogen-bond acceptors (Lipinski definition) is 2. The Balaban J connectivity index is 0.00000196. The average Bonchev–Trinajstić information content (AvgIpc) is 2.16. The largest absolute Gasteiger partial charge is 0.390 e. The van der Waals surface area contributed by atoms with Gasteiger partial charge in [0.15, 0.2) is 0 Å². The smallest absolute Gasteiger partial charge is 0.289 e. The van der Waals surface area contributed by atoms with Crippen LogP contribution >= 0.6 is 28.3 Å². The molecule has 0 aliphatic carbocycles. The first-order valence-corrected chi connectivity index (χ1v) is 4.76. The second kappa shape index (κ2) is 5.75. The highest BCUT2D eigenvalue weighted by Crippen LogP contribution is 2.29. The molecule has 0 saturated heterocycles. The molecule has 1 rings (SSSR count). The molecule has 6 heteroatoms. The lowest BCUT2D eigenvalue weighted by atomic mass is 10.0. The van der Waals surface area contributed by atoms with Gasteiger partial charge in [0.2, 0.25) is 0 Å². The highest BCUT2D eigenvalue weighted by molar-refractivity contribution is 9.10. The zero-order chi connectivity index (χ0) is 10.8. The predicted octanol–water partition coefficient (Wildman–Crippen LogP) is 2.50. The van der Waals surface area contributed by atoms with Crippen molar-refractivity contribution in [1.82, 2.24) is 0 Å². The molecule has 1 aromatic rings. The molecule has 0 unspecified atom stereocenters. The minimum absolute atomic E-state index is 0. The van der Waals surface area contributed by atoms with Crippen molar-refractivity contribution in [1.29, 1.82) is 0 Å². The number of halogens is 4. The Kier molecular flexibility index (Phi) is 5.66. The average molecular weight is 303 g/mol. The summed E-state index contributed by atoms with van der Waals surface area (Å²) in [5, 5.41) is 8.45. The van der Waals surface area contributed by atoms with E-state index in [1.54, 1.807) is 12.1 Å². The molecule has 0 heterocycles. The Morgan fingerprint density at radius 1 is 1.47 bits per heavy atom. The van der Waals surface area contributed by atoms with Crippen LogP contribution in [-0.4, -0.2) is 17.6 Å². The number of aliphatic hydroxyl groups is 1. The maximum Gasteiger partial charge on any atom is 0.289 e. The Morgan fingerprint density at radius 3 is 2.53 bits per heavy atom. The van der Waals surface area contributed by atoms with Crippen LogP contribution in [0.5, 0.6) is 0 Å². The molecule has 0 aliphatic heterocycles. The lowest BCUT2D eigenvalue weighted by Gasteiger charge is -2.21. The maximum atomic E-state index is 13.0. The van der Waals surface area contributed by atoms with Crippen LogP contribution in [0.25, 0.3) is 0 Å². The highest BCUT2D eigenvalue weighted by Gasteiger charge is 2.37. The van der Waals surface area contributed by atoms with Crippen LogP contribution in [0.2, 0.25) is 0 Å². The van der Waals surface area contributed by atoms with E-state index in [1.165, 1.54) is 12.1 Å². The summed E-state index contributed by atoms with van der Waals surface area (Å²) >= 11 is 3.16. The molecule has 86 valence electrons. The second-order valence-corrected chi connectivity index (χ2v) is 3.87. The summed E-state index contributed by atoms with van der Waals surface area (Å²) < 4.78 is 26.6. The molecule has 0 radical (unpaired) electrons. The van der Waals surface area contributed by atoms with Crippen molar-refractivity contribution in [3.63, 3.8) is 0 Å². The van der Waals surface area contributed by atoms with Gasteiger partial charge in [-0.25, -0.2) is 8.78 Å². The van der Waals surface area contributed by atoms with Crippen molar-refractivity contribution in [3.05, 3.63) is 34.3 Å². The van der Waals surface area contributed by atoms with Crippen molar-refractivity contribution in [2.75, 3.05) is 6.61 Å². The molecule has 0 bridgehead atoms. The van der Waals surface area contributed by atoms with Gasteiger partial charge in [0.25, 0.3) is 5.92 Å². The van der Waals surface area contributed by atoms with Crippen molar-refractivity contribution in [2.45, 2.75) is 12.0 Å². The summed E-state index contributed by atoms with van der Waals surface area (Å²) in [6, 6.07) is 4.86. The molecule has 1 aromatic carbocycles. The molecular formula is C9H11BrClF2NO.